The molecule has 0 bridgehead atoms. The van der Waals surface area contributed by atoms with E-state index in [1.54, 1.807) is 24.3 Å². The van der Waals surface area contributed by atoms with E-state index in [9.17, 15) is 9.59 Å². The van der Waals surface area contributed by atoms with Gasteiger partial charge in [0.1, 0.15) is 0 Å². The Morgan fingerprint density at radius 2 is 1.60 bits per heavy atom. The maximum absolute atomic E-state index is 12.5. The summed E-state index contributed by atoms with van der Waals surface area (Å²) in [7, 11) is 1.93. The van der Waals surface area contributed by atoms with Gasteiger partial charge in [-0.15, -0.1) is 0 Å². The number of anilines is 1. The van der Waals surface area contributed by atoms with Crippen molar-refractivity contribution in [3.8, 4) is 11.5 Å². The zero-order chi connectivity index (χ0) is 21.7. The van der Waals surface area contributed by atoms with E-state index in [1.165, 1.54) is 0 Å². The lowest BCUT2D eigenvalue weighted by molar-refractivity contribution is -0.149. The quantitative estimate of drug-likeness (QED) is 0.487. The van der Waals surface area contributed by atoms with Gasteiger partial charge < -0.3 is 19.1 Å². The van der Waals surface area contributed by atoms with Crippen LogP contribution in [0, 0.1) is 0 Å². The zero-order valence-electron chi connectivity index (χ0n) is 17.8. The highest BCUT2D eigenvalue weighted by Gasteiger charge is 2.38. The van der Waals surface area contributed by atoms with Gasteiger partial charge >= 0.3 is 5.97 Å². The summed E-state index contributed by atoms with van der Waals surface area (Å²) >= 11 is 0. The number of para-hydroxylation sites is 3. The predicted octanol–water partition coefficient (Wildman–Crippen LogP) is 3.89. The van der Waals surface area contributed by atoms with Crippen molar-refractivity contribution in [3.05, 3.63) is 65.9 Å². The molecule has 6 nitrogen and oxygen atoms in total. The van der Waals surface area contributed by atoms with Gasteiger partial charge in [0.25, 0.3) is 0 Å². The highest BCUT2D eigenvalue weighted by molar-refractivity contribution is 5.94. The van der Waals surface area contributed by atoms with Gasteiger partial charge in [0, 0.05) is 29.9 Å². The molecule has 158 valence electrons. The van der Waals surface area contributed by atoms with Crippen molar-refractivity contribution in [3.63, 3.8) is 0 Å². The van der Waals surface area contributed by atoms with Crippen molar-refractivity contribution in [2.45, 2.75) is 26.2 Å². The highest BCUT2D eigenvalue weighted by atomic mass is 16.6. The molecule has 2 aromatic carbocycles. The van der Waals surface area contributed by atoms with Gasteiger partial charge in [0.05, 0.1) is 6.61 Å². The first-order valence-corrected chi connectivity index (χ1v) is 9.93. The molecule has 0 amide bonds. The maximum atomic E-state index is 12.5. The smallest absolute Gasteiger partial charge is 0.344 e. The van der Waals surface area contributed by atoms with Crippen LogP contribution in [0.4, 0.5) is 5.69 Å². The topological polar surface area (TPSA) is 65.1 Å². The second-order valence-corrected chi connectivity index (χ2v) is 7.53. The second kappa shape index (κ2) is 9.03. The van der Waals surface area contributed by atoms with E-state index in [-0.39, 0.29) is 24.4 Å². The first-order chi connectivity index (χ1) is 14.3. The number of allylic oxidation sites excluding steroid dienone is 1. The Morgan fingerprint density at radius 3 is 2.27 bits per heavy atom. The van der Waals surface area contributed by atoms with Crippen LogP contribution in [0.2, 0.25) is 0 Å². The minimum Gasteiger partial charge on any atom is -0.490 e. The van der Waals surface area contributed by atoms with E-state index in [2.05, 4.69) is 19.9 Å². The number of fused-ring (bicyclic) bond motifs is 1. The molecule has 0 N–H and O–H groups in total. The lowest BCUT2D eigenvalue weighted by Crippen LogP contribution is -2.25. The molecule has 6 heteroatoms. The summed E-state index contributed by atoms with van der Waals surface area (Å²) in [5, 5.41) is 0. The molecule has 1 heterocycles. The number of likely N-dealkylation sites (N-methyl/N-ethyl adjacent to an activating group) is 1. The summed E-state index contributed by atoms with van der Waals surface area (Å²) in [6.07, 6.45) is 1.55. The standard InChI is InChI=1S/C24H27NO5/c1-5-28-20-12-8-9-13-21(20)29-16-23(27)30-15-17(26)14-22-24(2,3)18-10-6-7-11-19(18)25(22)4/h6-14H,5,15-16H2,1-4H3/b22-14+. The van der Waals surface area contributed by atoms with Crippen LogP contribution in [0.5, 0.6) is 11.5 Å². The lowest BCUT2D eigenvalue weighted by atomic mass is 9.83. The number of ether oxygens (including phenoxy) is 3. The van der Waals surface area contributed by atoms with Gasteiger partial charge in [-0.2, -0.15) is 0 Å². The van der Waals surface area contributed by atoms with Gasteiger partial charge in [-0.05, 0) is 30.7 Å². The average Bonchev–Trinajstić information content (AvgIpc) is 2.93. The molecule has 0 aliphatic carbocycles. The Kier molecular flexibility index (Phi) is 6.45. The number of esters is 1. The predicted molar refractivity (Wildman–Crippen MR) is 115 cm³/mol. The monoisotopic (exact) mass is 409 g/mol. The summed E-state index contributed by atoms with van der Waals surface area (Å²) in [4.78, 5) is 26.5. The van der Waals surface area contributed by atoms with Crippen molar-refractivity contribution < 1.29 is 23.8 Å². The van der Waals surface area contributed by atoms with Crippen molar-refractivity contribution >= 4 is 17.4 Å². The number of hydrogen-bond donors (Lipinski definition) is 0. The minimum atomic E-state index is -0.615. The fourth-order valence-corrected chi connectivity index (χ4v) is 3.63. The largest absolute Gasteiger partial charge is 0.490 e. The van der Waals surface area contributed by atoms with E-state index in [0.717, 1.165) is 16.9 Å². The third kappa shape index (κ3) is 4.48. The maximum Gasteiger partial charge on any atom is 0.344 e. The second-order valence-electron chi connectivity index (χ2n) is 7.53. The molecule has 0 radical (unpaired) electrons. The number of hydrogen-bond acceptors (Lipinski definition) is 6. The van der Waals surface area contributed by atoms with Crippen LogP contribution in [0.25, 0.3) is 0 Å². The number of rotatable bonds is 8. The Bertz CT molecular complexity index is 964. The van der Waals surface area contributed by atoms with Crippen LogP contribution in [0.3, 0.4) is 0 Å². The van der Waals surface area contributed by atoms with Crippen molar-refractivity contribution in [1.82, 2.24) is 0 Å². The first-order valence-electron chi connectivity index (χ1n) is 9.93. The number of benzene rings is 2. The summed E-state index contributed by atoms with van der Waals surface area (Å²) in [5.74, 6) is 0.118. The summed E-state index contributed by atoms with van der Waals surface area (Å²) in [6.45, 7) is 5.87. The van der Waals surface area contributed by atoms with Crippen LogP contribution in [-0.4, -0.2) is 38.6 Å². The van der Waals surface area contributed by atoms with Crippen LogP contribution in [0.15, 0.2) is 60.3 Å². The minimum absolute atomic E-state index is 0.277. The fourth-order valence-electron chi connectivity index (χ4n) is 3.63. The third-order valence-electron chi connectivity index (χ3n) is 5.11. The molecule has 0 fully saturated rings. The van der Waals surface area contributed by atoms with Crippen LogP contribution in [-0.2, 0) is 19.7 Å². The molecular formula is C24H27NO5. The third-order valence-corrected chi connectivity index (χ3v) is 5.11. The number of ketones is 1. The molecule has 30 heavy (non-hydrogen) atoms. The highest BCUT2D eigenvalue weighted by Crippen LogP contribution is 2.46. The Hall–Kier alpha value is -3.28. The number of carbonyl (C=O) groups is 2. The van der Waals surface area contributed by atoms with Crippen LogP contribution >= 0.6 is 0 Å². The van der Waals surface area contributed by atoms with Gasteiger partial charge in [0.2, 0.25) is 0 Å². The molecule has 1 aliphatic rings. The van der Waals surface area contributed by atoms with E-state index >= 15 is 0 Å². The lowest BCUT2D eigenvalue weighted by Gasteiger charge is -2.23. The van der Waals surface area contributed by atoms with E-state index < -0.39 is 5.97 Å². The van der Waals surface area contributed by atoms with E-state index in [1.807, 2.05) is 43.1 Å². The van der Waals surface area contributed by atoms with Gasteiger partial charge in [-0.25, -0.2) is 4.79 Å². The Morgan fingerprint density at radius 1 is 0.967 bits per heavy atom. The van der Waals surface area contributed by atoms with Crippen LogP contribution < -0.4 is 14.4 Å². The van der Waals surface area contributed by atoms with E-state index in [0.29, 0.717) is 18.1 Å². The molecule has 0 saturated heterocycles. The average molecular weight is 409 g/mol. The normalized spacial score (nSPS) is 15.6. The van der Waals surface area contributed by atoms with Crippen molar-refractivity contribution in [1.29, 1.82) is 0 Å². The molecule has 0 atom stereocenters. The Labute approximate surface area is 177 Å². The summed E-state index contributed by atoms with van der Waals surface area (Å²) in [6, 6.07) is 15.1. The zero-order valence-corrected chi connectivity index (χ0v) is 17.8. The molecule has 2 aromatic rings. The molecule has 1 aliphatic heterocycles. The molecule has 0 spiro atoms. The SMILES string of the molecule is CCOc1ccccc1OCC(=O)OCC(=O)/C=C1/N(C)c2ccccc2C1(C)C. The summed E-state index contributed by atoms with van der Waals surface area (Å²) < 4.78 is 16.0. The Balaban J connectivity index is 1.57. The van der Waals surface area contributed by atoms with Crippen LogP contribution in [0.1, 0.15) is 26.3 Å². The molecule has 3 rings (SSSR count). The van der Waals surface area contributed by atoms with E-state index in [4.69, 9.17) is 14.2 Å². The molecule has 0 saturated carbocycles. The fraction of sp³-hybridized carbons (Fsp3) is 0.333. The number of carbonyl (C=O) groups excluding carboxylic acids is 2. The molecular weight excluding hydrogens is 382 g/mol. The van der Waals surface area contributed by atoms with Gasteiger partial charge in [-0.1, -0.05) is 44.2 Å². The molecule has 0 unspecified atom stereocenters. The van der Waals surface area contributed by atoms with Crippen molar-refractivity contribution in [2.75, 3.05) is 31.8 Å². The van der Waals surface area contributed by atoms with Gasteiger partial charge in [-0.3, -0.25) is 4.79 Å². The van der Waals surface area contributed by atoms with Crippen molar-refractivity contribution in [2.24, 2.45) is 0 Å². The number of nitrogens with zero attached hydrogens (tertiary/aromatic N) is 1. The first kappa shape index (κ1) is 21.4. The van der Waals surface area contributed by atoms with Gasteiger partial charge in [0.15, 0.2) is 30.5 Å². The molecule has 0 aromatic heterocycles. The summed E-state index contributed by atoms with van der Waals surface area (Å²) in [5.41, 5.74) is 2.79.